The van der Waals surface area contributed by atoms with E-state index in [9.17, 15) is 33.9 Å². The lowest BCUT2D eigenvalue weighted by atomic mass is 10.0. The Bertz CT molecular complexity index is 745. The van der Waals surface area contributed by atoms with Crippen molar-refractivity contribution in [3.63, 3.8) is 0 Å². The van der Waals surface area contributed by atoms with Crippen molar-refractivity contribution < 1.29 is 33.9 Å². The minimum atomic E-state index is -1.45. The van der Waals surface area contributed by atoms with Crippen LogP contribution in [0.5, 0.6) is 0 Å². The smallest absolute Gasteiger partial charge is 0.326 e. The van der Waals surface area contributed by atoms with Crippen molar-refractivity contribution in [2.45, 2.75) is 76.5 Å². The molecule has 14 nitrogen and oxygen atoms in total. The first-order valence-electron chi connectivity index (χ1n) is 11.0. The van der Waals surface area contributed by atoms with E-state index in [2.05, 4.69) is 16.0 Å². The number of carboxylic acid groups (broad SMARTS) is 1. The van der Waals surface area contributed by atoms with Gasteiger partial charge in [-0.2, -0.15) is 0 Å². The second-order valence-electron chi connectivity index (χ2n) is 8.26. The summed E-state index contributed by atoms with van der Waals surface area (Å²) in [5, 5.41) is 16.3. The summed E-state index contributed by atoms with van der Waals surface area (Å²) in [4.78, 5) is 71.9. The van der Waals surface area contributed by atoms with E-state index < -0.39 is 72.0 Å². The molecular weight excluding hydrogens is 450 g/mol. The maximum Gasteiger partial charge on any atom is 0.326 e. The number of hydrogen-bond donors (Lipinski definition) is 8. The van der Waals surface area contributed by atoms with Crippen LogP contribution in [0.25, 0.3) is 0 Å². The van der Waals surface area contributed by atoms with Crippen molar-refractivity contribution in [2.24, 2.45) is 28.9 Å². The first-order chi connectivity index (χ1) is 15.8. The summed E-state index contributed by atoms with van der Waals surface area (Å²) < 4.78 is 0. The van der Waals surface area contributed by atoms with Crippen LogP contribution in [0.3, 0.4) is 0 Å². The fraction of sp³-hybridized carbons (Fsp3) is 0.700. The Labute approximate surface area is 197 Å². The van der Waals surface area contributed by atoms with Gasteiger partial charge < -0.3 is 44.0 Å². The molecule has 0 aromatic rings. The molecule has 0 aliphatic rings. The van der Waals surface area contributed by atoms with E-state index in [4.69, 9.17) is 22.9 Å². The number of aliphatic carboxylic acids is 1. The Morgan fingerprint density at radius 1 is 0.794 bits per heavy atom. The van der Waals surface area contributed by atoms with E-state index in [0.717, 1.165) is 0 Å². The second kappa shape index (κ2) is 15.6. The third-order valence-electron chi connectivity index (χ3n) is 4.89. The molecule has 34 heavy (non-hydrogen) atoms. The van der Waals surface area contributed by atoms with Crippen LogP contribution in [-0.4, -0.2) is 71.3 Å². The molecule has 0 heterocycles. The summed E-state index contributed by atoms with van der Waals surface area (Å²) in [6.45, 7) is 3.58. The molecule has 0 saturated carbocycles. The molecule has 0 aliphatic heterocycles. The minimum Gasteiger partial charge on any atom is -0.480 e. The van der Waals surface area contributed by atoms with Crippen LogP contribution in [0.15, 0.2) is 0 Å². The van der Waals surface area contributed by atoms with Gasteiger partial charge in [-0.3, -0.25) is 24.0 Å². The number of rotatable bonds is 17. The van der Waals surface area contributed by atoms with Gasteiger partial charge in [-0.1, -0.05) is 20.3 Å². The molecule has 194 valence electrons. The molecule has 0 aromatic carbocycles. The monoisotopic (exact) mass is 487 g/mol. The van der Waals surface area contributed by atoms with Crippen LogP contribution in [-0.2, 0) is 28.8 Å². The molecule has 12 N–H and O–H groups in total. The number of primary amides is 2. The molecule has 5 amide bonds. The molecule has 4 atom stereocenters. The standard InChI is InChI=1S/C20H37N7O7/c1-10(2)16(20(33)34)27-18(31)12(6-7-14(23)28)25-19(32)13(9-15(24)29)26-17(30)11(22)5-3-4-8-21/h10-13,16H,3-9,21-22H2,1-2H3,(H2,23,28)(H2,24,29)(H,25,32)(H,26,30)(H,27,31)(H,33,34). The predicted octanol–water partition coefficient (Wildman–Crippen LogP) is -3.22. The van der Waals surface area contributed by atoms with E-state index >= 15 is 0 Å². The summed E-state index contributed by atoms with van der Waals surface area (Å²) in [7, 11) is 0. The maximum atomic E-state index is 12.8. The molecule has 4 unspecified atom stereocenters. The van der Waals surface area contributed by atoms with Crippen molar-refractivity contribution in [3.8, 4) is 0 Å². The second-order valence-corrected chi connectivity index (χ2v) is 8.26. The van der Waals surface area contributed by atoms with Gasteiger partial charge in [-0.05, 0) is 31.7 Å². The Kier molecular flexibility index (Phi) is 14.1. The Morgan fingerprint density at radius 3 is 1.82 bits per heavy atom. The zero-order valence-electron chi connectivity index (χ0n) is 19.5. The lowest BCUT2D eigenvalue weighted by Gasteiger charge is -2.25. The molecule has 0 radical (unpaired) electrons. The van der Waals surface area contributed by atoms with E-state index in [-0.39, 0.29) is 12.8 Å². The molecular formula is C20H37N7O7. The minimum absolute atomic E-state index is 0.243. The summed E-state index contributed by atoms with van der Waals surface area (Å²) in [5.74, 6) is -5.94. The van der Waals surface area contributed by atoms with E-state index in [1.54, 1.807) is 13.8 Å². The fourth-order valence-corrected chi connectivity index (χ4v) is 2.92. The van der Waals surface area contributed by atoms with E-state index in [1.807, 2.05) is 0 Å². The number of carbonyl (C=O) groups excluding carboxylic acids is 5. The van der Waals surface area contributed by atoms with Crippen LogP contribution < -0.4 is 38.9 Å². The molecule has 0 bridgehead atoms. The highest BCUT2D eigenvalue weighted by atomic mass is 16.4. The zero-order valence-corrected chi connectivity index (χ0v) is 19.5. The number of carbonyl (C=O) groups is 6. The normalized spacial score (nSPS) is 14.4. The van der Waals surface area contributed by atoms with Gasteiger partial charge in [0.15, 0.2) is 0 Å². The number of carboxylic acids is 1. The van der Waals surface area contributed by atoms with Gasteiger partial charge in [0.2, 0.25) is 29.5 Å². The van der Waals surface area contributed by atoms with Gasteiger partial charge in [0.25, 0.3) is 0 Å². The number of amides is 5. The summed E-state index contributed by atoms with van der Waals surface area (Å²) in [6.07, 6.45) is 0.401. The van der Waals surface area contributed by atoms with Gasteiger partial charge in [0, 0.05) is 6.42 Å². The molecule has 14 heteroatoms. The Hall–Kier alpha value is -3.26. The molecule has 0 spiro atoms. The Balaban J connectivity index is 5.50. The van der Waals surface area contributed by atoms with Crippen LogP contribution in [0.1, 0.15) is 52.4 Å². The highest BCUT2D eigenvalue weighted by Crippen LogP contribution is 2.06. The van der Waals surface area contributed by atoms with Gasteiger partial charge in [-0.15, -0.1) is 0 Å². The molecule has 0 rings (SSSR count). The average molecular weight is 488 g/mol. The number of nitrogens with one attached hydrogen (secondary N) is 3. The predicted molar refractivity (Wildman–Crippen MR) is 121 cm³/mol. The van der Waals surface area contributed by atoms with Crippen molar-refractivity contribution in [2.75, 3.05) is 6.54 Å². The topological polar surface area (TPSA) is 263 Å². The first-order valence-corrected chi connectivity index (χ1v) is 11.0. The summed E-state index contributed by atoms with van der Waals surface area (Å²) in [5.41, 5.74) is 21.5. The quantitative estimate of drug-likeness (QED) is 0.0957. The van der Waals surface area contributed by atoms with Crippen molar-refractivity contribution in [3.05, 3.63) is 0 Å². The fourth-order valence-electron chi connectivity index (χ4n) is 2.92. The molecule has 0 aromatic heterocycles. The number of nitrogens with two attached hydrogens (primary N) is 4. The maximum absolute atomic E-state index is 12.8. The number of hydrogen-bond acceptors (Lipinski definition) is 8. The van der Waals surface area contributed by atoms with Crippen molar-refractivity contribution in [1.82, 2.24) is 16.0 Å². The lowest BCUT2D eigenvalue weighted by molar-refractivity contribution is -0.143. The molecule has 0 aliphatic carbocycles. The summed E-state index contributed by atoms with van der Waals surface area (Å²) in [6, 6.07) is -5.04. The Morgan fingerprint density at radius 2 is 1.35 bits per heavy atom. The van der Waals surface area contributed by atoms with E-state index in [0.29, 0.717) is 25.8 Å². The highest BCUT2D eigenvalue weighted by molar-refractivity contribution is 5.96. The van der Waals surface area contributed by atoms with Gasteiger partial charge in [0.1, 0.15) is 18.1 Å². The van der Waals surface area contributed by atoms with Crippen LogP contribution in [0, 0.1) is 5.92 Å². The first kappa shape index (κ1) is 30.7. The molecule has 0 fully saturated rings. The third kappa shape index (κ3) is 12.1. The van der Waals surface area contributed by atoms with E-state index in [1.165, 1.54) is 0 Å². The van der Waals surface area contributed by atoms with Crippen molar-refractivity contribution in [1.29, 1.82) is 0 Å². The van der Waals surface area contributed by atoms with Gasteiger partial charge in [-0.25, -0.2) is 4.79 Å². The van der Waals surface area contributed by atoms with Gasteiger partial charge in [0.05, 0.1) is 12.5 Å². The highest BCUT2D eigenvalue weighted by Gasteiger charge is 2.32. The largest absolute Gasteiger partial charge is 0.480 e. The van der Waals surface area contributed by atoms with Crippen molar-refractivity contribution >= 4 is 35.5 Å². The van der Waals surface area contributed by atoms with Gasteiger partial charge >= 0.3 is 5.97 Å². The lowest BCUT2D eigenvalue weighted by Crippen LogP contribution is -2.58. The average Bonchev–Trinajstić information content (AvgIpc) is 2.72. The van der Waals surface area contributed by atoms with Crippen LogP contribution in [0.4, 0.5) is 0 Å². The van der Waals surface area contributed by atoms with Crippen LogP contribution in [0.2, 0.25) is 0 Å². The van der Waals surface area contributed by atoms with Crippen LogP contribution >= 0.6 is 0 Å². The zero-order chi connectivity index (χ0) is 26.4. The molecule has 0 saturated heterocycles. The summed E-state index contributed by atoms with van der Waals surface area (Å²) >= 11 is 0. The third-order valence-corrected chi connectivity index (χ3v) is 4.89. The SMILES string of the molecule is CC(C)C(NC(=O)C(CCC(N)=O)NC(=O)C(CC(N)=O)NC(=O)C(N)CCCCN)C(=O)O. The number of unbranched alkanes of at least 4 members (excludes halogenated alkanes) is 1.